The Morgan fingerprint density at radius 2 is 1.89 bits per heavy atom. The van der Waals surface area contributed by atoms with E-state index in [1.165, 1.54) is 19.3 Å². The Hall–Kier alpha value is -0.880. The number of nitrogens with zero attached hydrogens (tertiary/aromatic N) is 3. The van der Waals surface area contributed by atoms with Gasteiger partial charge in [0.1, 0.15) is 16.6 Å². The van der Waals surface area contributed by atoms with Crippen LogP contribution >= 0.6 is 15.9 Å². The zero-order valence-electron chi connectivity index (χ0n) is 11.8. The van der Waals surface area contributed by atoms with Gasteiger partial charge in [0, 0.05) is 18.6 Å². The minimum Gasteiger partial charge on any atom is -0.369 e. The number of rotatable bonds is 4. The van der Waals surface area contributed by atoms with Gasteiger partial charge in [-0.05, 0) is 49.5 Å². The molecule has 0 saturated carbocycles. The van der Waals surface area contributed by atoms with Crippen LogP contribution < -0.4 is 10.7 Å². The molecule has 19 heavy (non-hydrogen) atoms. The number of hydrogen-bond donors (Lipinski definition) is 2. The SMILES string of the molecule is CCNc1ncnc(NN2C(C)CCCC2C)c1Br. The lowest BCUT2D eigenvalue weighted by Crippen LogP contribution is -2.47. The first-order valence-corrected chi connectivity index (χ1v) is 7.72. The van der Waals surface area contributed by atoms with Crippen LogP contribution in [0.25, 0.3) is 0 Å². The molecule has 2 atom stereocenters. The summed E-state index contributed by atoms with van der Waals surface area (Å²) in [6, 6.07) is 1.04. The van der Waals surface area contributed by atoms with E-state index < -0.39 is 0 Å². The van der Waals surface area contributed by atoms with Gasteiger partial charge < -0.3 is 10.7 Å². The van der Waals surface area contributed by atoms with E-state index in [1.54, 1.807) is 6.33 Å². The van der Waals surface area contributed by atoms with Crippen LogP contribution in [0.4, 0.5) is 11.6 Å². The quantitative estimate of drug-likeness (QED) is 0.888. The second-order valence-corrected chi connectivity index (χ2v) is 5.86. The smallest absolute Gasteiger partial charge is 0.160 e. The third-order valence-corrected chi connectivity index (χ3v) is 4.31. The molecule has 1 aromatic heterocycles. The van der Waals surface area contributed by atoms with Crippen LogP contribution in [0.5, 0.6) is 0 Å². The van der Waals surface area contributed by atoms with Crippen molar-refractivity contribution < 1.29 is 0 Å². The maximum Gasteiger partial charge on any atom is 0.160 e. The van der Waals surface area contributed by atoms with E-state index in [0.717, 1.165) is 22.7 Å². The van der Waals surface area contributed by atoms with Gasteiger partial charge in [0.25, 0.3) is 0 Å². The first kappa shape index (κ1) is 14.5. The molecule has 1 fully saturated rings. The number of hydrazine groups is 1. The molecular formula is C13H22BrN5. The summed E-state index contributed by atoms with van der Waals surface area (Å²) in [5.41, 5.74) is 3.44. The molecule has 6 heteroatoms. The van der Waals surface area contributed by atoms with Gasteiger partial charge in [-0.15, -0.1) is 0 Å². The Bertz CT molecular complexity index is 415. The zero-order chi connectivity index (χ0) is 13.8. The lowest BCUT2D eigenvalue weighted by molar-refractivity contribution is 0.135. The second kappa shape index (κ2) is 6.52. The summed E-state index contributed by atoms with van der Waals surface area (Å²) >= 11 is 3.57. The van der Waals surface area contributed by atoms with Crippen molar-refractivity contribution in [2.45, 2.75) is 52.1 Å². The van der Waals surface area contributed by atoms with Crippen LogP contribution in [0.2, 0.25) is 0 Å². The Kier molecular flexibility index (Phi) is 4.99. The summed E-state index contributed by atoms with van der Waals surface area (Å²) in [4.78, 5) is 8.57. The molecule has 0 radical (unpaired) electrons. The highest BCUT2D eigenvalue weighted by atomic mass is 79.9. The second-order valence-electron chi connectivity index (χ2n) is 5.06. The molecule has 2 N–H and O–H groups in total. The van der Waals surface area contributed by atoms with Gasteiger partial charge in [0.15, 0.2) is 5.82 Å². The molecule has 0 spiro atoms. The number of piperidine rings is 1. The van der Waals surface area contributed by atoms with Crippen LogP contribution in [-0.2, 0) is 0 Å². The van der Waals surface area contributed by atoms with Gasteiger partial charge in [0.2, 0.25) is 0 Å². The summed E-state index contributed by atoms with van der Waals surface area (Å²) in [5, 5.41) is 5.52. The largest absolute Gasteiger partial charge is 0.369 e. The zero-order valence-corrected chi connectivity index (χ0v) is 13.4. The van der Waals surface area contributed by atoms with Crippen molar-refractivity contribution >= 4 is 27.6 Å². The van der Waals surface area contributed by atoms with Crippen molar-refractivity contribution in [1.29, 1.82) is 0 Å². The molecule has 1 aliphatic rings. The van der Waals surface area contributed by atoms with Gasteiger partial charge in [-0.1, -0.05) is 6.42 Å². The van der Waals surface area contributed by atoms with Crippen molar-refractivity contribution in [2.24, 2.45) is 0 Å². The van der Waals surface area contributed by atoms with Crippen LogP contribution in [0, 0.1) is 0 Å². The first-order valence-electron chi connectivity index (χ1n) is 6.92. The first-order chi connectivity index (χ1) is 9.13. The monoisotopic (exact) mass is 327 g/mol. The minimum atomic E-state index is 0.521. The third kappa shape index (κ3) is 3.36. The standard InChI is InChI=1S/C13H22BrN5/c1-4-15-12-11(14)13(17-8-16-12)18-19-9(2)6-5-7-10(19)3/h8-10H,4-7H2,1-3H3,(H2,15,16,17,18). The molecule has 1 aromatic rings. The average Bonchev–Trinajstić information content (AvgIpc) is 2.38. The van der Waals surface area contributed by atoms with Crippen molar-refractivity contribution in [3.05, 3.63) is 10.8 Å². The fraction of sp³-hybridized carbons (Fsp3) is 0.692. The molecule has 1 saturated heterocycles. The van der Waals surface area contributed by atoms with Crippen LogP contribution in [-0.4, -0.2) is 33.6 Å². The molecule has 2 rings (SSSR count). The summed E-state index contributed by atoms with van der Waals surface area (Å²) in [7, 11) is 0. The summed E-state index contributed by atoms with van der Waals surface area (Å²) in [5.74, 6) is 1.66. The van der Waals surface area contributed by atoms with E-state index >= 15 is 0 Å². The molecule has 106 valence electrons. The minimum absolute atomic E-state index is 0.521. The predicted octanol–water partition coefficient (Wildman–Crippen LogP) is 3.26. The summed E-state index contributed by atoms with van der Waals surface area (Å²) in [6.45, 7) is 7.40. The van der Waals surface area contributed by atoms with Gasteiger partial charge in [-0.25, -0.2) is 15.0 Å². The molecule has 0 aromatic carbocycles. The summed E-state index contributed by atoms with van der Waals surface area (Å²) < 4.78 is 0.891. The van der Waals surface area contributed by atoms with Crippen LogP contribution in [0.15, 0.2) is 10.8 Å². The number of halogens is 1. The van der Waals surface area contributed by atoms with E-state index in [0.29, 0.717) is 12.1 Å². The maximum atomic E-state index is 4.33. The van der Waals surface area contributed by atoms with Gasteiger partial charge in [-0.2, -0.15) is 0 Å². The van der Waals surface area contributed by atoms with Crippen molar-refractivity contribution in [1.82, 2.24) is 15.0 Å². The molecule has 2 heterocycles. The van der Waals surface area contributed by atoms with Crippen LogP contribution in [0.3, 0.4) is 0 Å². The highest BCUT2D eigenvalue weighted by molar-refractivity contribution is 9.10. The van der Waals surface area contributed by atoms with Gasteiger partial charge in [0.05, 0.1) is 0 Å². The summed E-state index contributed by atoms with van der Waals surface area (Å²) in [6.07, 6.45) is 5.33. The molecule has 0 amide bonds. The van der Waals surface area contributed by atoms with Gasteiger partial charge >= 0.3 is 0 Å². The Morgan fingerprint density at radius 1 is 1.26 bits per heavy atom. The molecule has 2 unspecified atom stereocenters. The number of hydrogen-bond acceptors (Lipinski definition) is 5. The normalized spacial score (nSPS) is 24.2. The molecule has 5 nitrogen and oxygen atoms in total. The predicted molar refractivity (Wildman–Crippen MR) is 82.1 cm³/mol. The van der Waals surface area contributed by atoms with E-state index in [-0.39, 0.29) is 0 Å². The Morgan fingerprint density at radius 3 is 2.53 bits per heavy atom. The Balaban J connectivity index is 2.15. The van der Waals surface area contributed by atoms with Crippen molar-refractivity contribution in [3.8, 4) is 0 Å². The van der Waals surface area contributed by atoms with E-state index in [4.69, 9.17) is 0 Å². The fourth-order valence-electron chi connectivity index (χ4n) is 2.50. The van der Waals surface area contributed by atoms with Gasteiger partial charge in [-0.3, -0.25) is 0 Å². The van der Waals surface area contributed by atoms with E-state index in [9.17, 15) is 0 Å². The van der Waals surface area contributed by atoms with E-state index in [2.05, 4.69) is 62.4 Å². The third-order valence-electron chi connectivity index (χ3n) is 3.56. The molecule has 1 aliphatic heterocycles. The lowest BCUT2D eigenvalue weighted by Gasteiger charge is -2.39. The number of anilines is 2. The highest BCUT2D eigenvalue weighted by Crippen LogP contribution is 2.29. The molecule has 0 bridgehead atoms. The number of aromatic nitrogens is 2. The fourth-order valence-corrected chi connectivity index (χ4v) is 2.94. The molecule has 0 aliphatic carbocycles. The average molecular weight is 328 g/mol. The lowest BCUT2D eigenvalue weighted by atomic mass is 10.00. The Labute approximate surface area is 123 Å². The highest BCUT2D eigenvalue weighted by Gasteiger charge is 2.25. The van der Waals surface area contributed by atoms with E-state index in [1.807, 2.05) is 0 Å². The maximum absolute atomic E-state index is 4.33. The number of nitrogens with one attached hydrogen (secondary N) is 2. The van der Waals surface area contributed by atoms with Crippen molar-refractivity contribution in [2.75, 3.05) is 17.3 Å². The topological polar surface area (TPSA) is 53.1 Å². The van der Waals surface area contributed by atoms with Crippen LogP contribution in [0.1, 0.15) is 40.0 Å². The van der Waals surface area contributed by atoms with Crippen molar-refractivity contribution in [3.63, 3.8) is 0 Å². The molecular weight excluding hydrogens is 306 g/mol.